The van der Waals surface area contributed by atoms with E-state index in [4.69, 9.17) is 4.74 Å². The summed E-state index contributed by atoms with van der Waals surface area (Å²) in [6, 6.07) is 12.2. The molecule has 1 amide bonds. The van der Waals surface area contributed by atoms with Crippen molar-refractivity contribution in [2.45, 2.75) is 11.8 Å². The molecule has 2 aromatic carbocycles. The predicted octanol–water partition coefficient (Wildman–Crippen LogP) is 4.41. The SMILES string of the molecule is COc1ccc(Br)cc1C1SCCN1C(=O)Cc1ccccc1F. The molecule has 0 radical (unpaired) electrons. The van der Waals surface area contributed by atoms with Gasteiger partial charge in [0.15, 0.2) is 0 Å². The Labute approximate surface area is 153 Å². The standard InChI is InChI=1S/C18H17BrFNO2S/c1-23-16-7-6-13(19)11-14(16)18-21(8-9-24-18)17(22)10-12-4-2-3-5-15(12)20/h2-7,11,18H,8-10H2,1H3. The molecule has 0 saturated carbocycles. The predicted molar refractivity (Wildman–Crippen MR) is 97.7 cm³/mol. The Morgan fingerprint density at radius 3 is 2.92 bits per heavy atom. The van der Waals surface area contributed by atoms with Crippen LogP contribution >= 0.6 is 27.7 Å². The molecule has 1 saturated heterocycles. The molecule has 1 unspecified atom stereocenters. The van der Waals surface area contributed by atoms with Gasteiger partial charge in [0.05, 0.1) is 13.5 Å². The highest BCUT2D eigenvalue weighted by Gasteiger charge is 2.32. The number of hydrogen-bond donors (Lipinski definition) is 0. The van der Waals surface area contributed by atoms with Gasteiger partial charge in [-0.25, -0.2) is 4.39 Å². The van der Waals surface area contributed by atoms with Crippen molar-refractivity contribution in [1.29, 1.82) is 0 Å². The van der Waals surface area contributed by atoms with Crippen molar-refractivity contribution in [2.75, 3.05) is 19.4 Å². The summed E-state index contributed by atoms with van der Waals surface area (Å²) in [7, 11) is 1.62. The molecule has 1 atom stereocenters. The van der Waals surface area contributed by atoms with E-state index in [0.29, 0.717) is 12.1 Å². The molecule has 126 valence electrons. The van der Waals surface area contributed by atoms with Crippen molar-refractivity contribution in [3.05, 3.63) is 63.9 Å². The lowest BCUT2D eigenvalue weighted by Crippen LogP contribution is -2.32. The average molecular weight is 410 g/mol. The fourth-order valence-corrected chi connectivity index (χ4v) is 4.46. The van der Waals surface area contributed by atoms with Crippen LogP contribution in [0.15, 0.2) is 46.9 Å². The van der Waals surface area contributed by atoms with Gasteiger partial charge in [-0.15, -0.1) is 11.8 Å². The van der Waals surface area contributed by atoms with Crippen molar-refractivity contribution in [3.63, 3.8) is 0 Å². The molecule has 1 heterocycles. The summed E-state index contributed by atoms with van der Waals surface area (Å²) in [6.45, 7) is 0.651. The number of nitrogens with zero attached hydrogens (tertiary/aromatic N) is 1. The summed E-state index contributed by atoms with van der Waals surface area (Å²) >= 11 is 5.17. The van der Waals surface area contributed by atoms with Crippen LogP contribution in [0.4, 0.5) is 4.39 Å². The number of rotatable bonds is 4. The number of benzene rings is 2. The number of amides is 1. The summed E-state index contributed by atoms with van der Waals surface area (Å²) in [5, 5.41) is -0.114. The topological polar surface area (TPSA) is 29.5 Å². The molecule has 0 N–H and O–H groups in total. The van der Waals surface area contributed by atoms with E-state index < -0.39 is 0 Å². The summed E-state index contributed by atoms with van der Waals surface area (Å²) < 4.78 is 20.2. The molecule has 3 rings (SSSR count). The van der Waals surface area contributed by atoms with Crippen molar-refractivity contribution in [1.82, 2.24) is 4.90 Å². The molecule has 1 aliphatic rings. The summed E-state index contributed by atoms with van der Waals surface area (Å²) in [5.41, 5.74) is 1.38. The first-order chi connectivity index (χ1) is 11.6. The van der Waals surface area contributed by atoms with Crippen LogP contribution in [-0.2, 0) is 11.2 Å². The molecule has 1 fully saturated rings. The van der Waals surface area contributed by atoms with E-state index in [9.17, 15) is 9.18 Å². The van der Waals surface area contributed by atoms with Crippen molar-refractivity contribution >= 4 is 33.6 Å². The van der Waals surface area contributed by atoms with Gasteiger partial charge in [0.25, 0.3) is 0 Å². The highest BCUT2D eigenvalue weighted by Crippen LogP contribution is 2.43. The first-order valence-electron chi connectivity index (χ1n) is 7.58. The zero-order chi connectivity index (χ0) is 17.1. The molecular formula is C18H17BrFNO2S. The minimum absolute atomic E-state index is 0.0695. The van der Waals surface area contributed by atoms with E-state index in [2.05, 4.69) is 15.9 Å². The van der Waals surface area contributed by atoms with Crippen LogP contribution < -0.4 is 4.74 Å². The Morgan fingerprint density at radius 1 is 1.38 bits per heavy atom. The van der Waals surface area contributed by atoms with Gasteiger partial charge in [-0.05, 0) is 29.8 Å². The van der Waals surface area contributed by atoms with Crippen LogP contribution in [0.3, 0.4) is 0 Å². The fraction of sp³-hybridized carbons (Fsp3) is 0.278. The second-order valence-electron chi connectivity index (χ2n) is 5.46. The molecule has 6 heteroatoms. The van der Waals surface area contributed by atoms with Gasteiger partial charge in [0, 0.05) is 22.3 Å². The molecule has 0 bridgehead atoms. The molecule has 0 spiro atoms. The highest BCUT2D eigenvalue weighted by atomic mass is 79.9. The molecule has 2 aromatic rings. The third-order valence-corrected chi connectivity index (χ3v) is 5.70. The number of carbonyl (C=O) groups excluding carboxylic acids is 1. The minimum Gasteiger partial charge on any atom is -0.496 e. The van der Waals surface area contributed by atoms with Crippen molar-refractivity contribution in [2.24, 2.45) is 0 Å². The summed E-state index contributed by atoms with van der Waals surface area (Å²) in [6.07, 6.45) is 0.0695. The Bertz CT molecular complexity index is 756. The van der Waals surface area contributed by atoms with Crippen molar-refractivity contribution in [3.8, 4) is 5.75 Å². The monoisotopic (exact) mass is 409 g/mol. The third kappa shape index (κ3) is 3.59. The number of hydrogen-bond acceptors (Lipinski definition) is 3. The quantitative estimate of drug-likeness (QED) is 0.748. The maximum atomic E-state index is 13.8. The van der Waals surface area contributed by atoms with Crippen LogP contribution in [0.1, 0.15) is 16.5 Å². The number of halogens is 2. The average Bonchev–Trinajstić information content (AvgIpc) is 3.06. The smallest absolute Gasteiger partial charge is 0.228 e. The second kappa shape index (κ2) is 7.57. The molecule has 0 aliphatic carbocycles. The number of ether oxygens (including phenoxy) is 1. The summed E-state index contributed by atoms with van der Waals surface area (Å²) in [4.78, 5) is 14.5. The maximum absolute atomic E-state index is 13.8. The van der Waals surface area contributed by atoms with E-state index in [1.54, 1.807) is 42.0 Å². The van der Waals surface area contributed by atoms with E-state index in [1.807, 2.05) is 18.2 Å². The Kier molecular flexibility index (Phi) is 5.46. The Hall–Kier alpha value is -1.53. The van der Waals surface area contributed by atoms with E-state index in [1.165, 1.54) is 6.07 Å². The van der Waals surface area contributed by atoms with Gasteiger partial charge in [-0.2, -0.15) is 0 Å². The van der Waals surface area contributed by atoms with Crippen LogP contribution in [0, 0.1) is 5.82 Å². The molecule has 24 heavy (non-hydrogen) atoms. The van der Waals surface area contributed by atoms with E-state index in [-0.39, 0.29) is 23.5 Å². The zero-order valence-electron chi connectivity index (χ0n) is 13.2. The lowest BCUT2D eigenvalue weighted by Gasteiger charge is -2.25. The first-order valence-corrected chi connectivity index (χ1v) is 9.42. The molecule has 0 aromatic heterocycles. The van der Waals surface area contributed by atoms with Crippen LogP contribution in [0.2, 0.25) is 0 Å². The first kappa shape index (κ1) is 17.3. The Balaban J connectivity index is 1.84. The van der Waals surface area contributed by atoms with Gasteiger partial charge in [0.2, 0.25) is 5.91 Å². The normalized spacial score (nSPS) is 17.1. The lowest BCUT2D eigenvalue weighted by molar-refractivity contribution is -0.130. The van der Waals surface area contributed by atoms with Crippen LogP contribution in [0.25, 0.3) is 0 Å². The van der Waals surface area contributed by atoms with Gasteiger partial charge < -0.3 is 9.64 Å². The summed E-state index contributed by atoms with van der Waals surface area (Å²) in [5.74, 6) is 1.19. The molecule has 1 aliphatic heterocycles. The van der Waals surface area contributed by atoms with Gasteiger partial charge >= 0.3 is 0 Å². The van der Waals surface area contributed by atoms with Crippen LogP contribution in [-0.4, -0.2) is 30.2 Å². The third-order valence-electron chi connectivity index (χ3n) is 3.97. The zero-order valence-corrected chi connectivity index (χ0v) is 15.6. The minimum atomic E-state index is -0.339. The molecule has 3 nitrogen and oxygen atoms in total. The second-order valence-corrected chi connectivity index (χ2v) is 7.57. The lowest BCUT2D eigenvalue weighted by atomic mass is 10.1. The fourth-order valence-electron chi connectivity index (χ4n) is 2.79. The highest BCUT2D eigenvalue weighted by molar-refractivity contribution is 9.10. The largest absolute Gasteiger partial charge is 0.496 e. The van der Waals surface area contributed by atoms with E-state index >= 15 is 0 Å². The van der Waals surface area contributed by atoms with E-state index in [0.717, 1.165) is 21.5 Å². The Morgan fingerprint density at radius 2 is 2.17 bits per heavy atom. The van der Waals surface area contributed by atoms with Gasteiger partial charge in [0.1, 0.15) is 16.9 Å². The van der Waals surface area contributed by atoms with Crippen LogP contribution in [0.5, 0.6) is 5.75 Å². The van der Waals surface area contributed by atoms with Crippen molar-refractivity contribution < 1.29 is 13.9 Å². The maximum Gasteiger partial charge on any atom is 0.228 e. The molecular weight excluding hydrogens is 393 g/mol. The van der Waals surface area contributed by atoms with Gasteiger partial charge in [-0.3, -0.25) is 4.79 Å². The number of methoxy groups -OCH3 is 1. The number of carbonyl (C=O) groups is 1. The number of thioether (sulfide) groups is 1. The van der Waals surface area contributed by atoms with Gasteiger partial charge in [-0.1, -0.05) is 34.1 Å².